The topological polar surface area (TPSA) is 42.7 Å². The third-order valence-corrected chi connectivity index (χ3v) is 2.57. The smallest absolute Gasteiger partial charge is 0.137 e. The van der Waals surface area contributed by atoms with Crippen molar-refractivity contribution in [1.82, 2.24) is 20.1 Å². The van der Waals surface area contributed by atoms with E-state index in [-0.39, 0.29) is 11.9 Å². The van der Waals surface area contributed by atoms with Gasteiger partial charge in [-0.15, -0.1) is 0 Å². The van der Waals surface area contributed by atoms with Gasteiger partial charge >= 0.3 is 0 Å². The monoisotopic (exact) mass is 234 g/mol. The first kappa shape index (κ1) is 11.7. The van der Waals surface area contributed by atoms with Gasteiger partial charge in [-0.1, -0.05) is 25.1 Å². The Morgan fingerprint density at radius 3 is 2.88 bits per heavy atom. The highest BCUT2D eigenvalue weighted by Gasteiger charge is 2.14. The van der Waals surface area contributed by atoms with Crippen LogP contribution in [0.5, 0.6) is 0 Å². The highest BCUT2D eigenvalue weighted by Crippen LogP contribution is 2.18. The SMILES string of the molecule is CCNC(Cn1cncn1)c1ccccc1F. The van der Waals surface area contributed by atoms with E-state index in [1.807, 2.05) is 13.0 Å². The Morgan fingerprint density at radius 1 is 1.41 bits per heavy atom. The van der Waals surface area contributed by atoms with E-state index in [4.69, 9.17) is 0 Å². The molecule has 1 N–H and O–H groups in total. The maximum absolute atomic E-state index is 13.7. The second-order valence-corrected chi connectivity index (χ2v) is 3.75. The van der Waals surface area contributed by atoms with E-state index >= 15 is 0 Å². The first-order chi connectivity index (χ1) is 8.31. The number of benzene rings is 1. The van der Waals surface area contributed by atoms with Crippen molar-refractivity contribution in [3.8, 4) is 0 Å². The van der Waals surface area contributed by atoms with Gasteiger partial charge in [-0.05, 0) is 12.6 Å². The molecule has 2 rings (SSSR count). The first-order valence-corrected chi connectivity index (χ1v) is 5.61. The molecule has 90 valence electrons. The van der Waals surface area contributed by atoms with E-state index < -0.39 is 0 Å². The Kier molecular flexibility index (Phi) is 3.82. The van der Waals surface area contributed by atoms with Crippen molar-refractivity contribution in [3.05, 3.63) is 48.3 Å². The van der Waals surface area contributed by atoms with Crippen LogP contribution < -0.4 is 5.32 Å². The largest absolute Gasteiger partial charge is 0.309 e. The van der Waals surface area contributed by atoms with Gasteiger partial charge in [0, 0.05) is 5.56 Å². The van der Waals surface area contributed by atoms with E-state index in [0.717, 1.165) is 6.54 Å². The highest BCUT2D eigenvalue weighted by atomic mass is 19.1. The van der Waals surface area contributed by atoms with Crippen LogP contribution in [0.4, 0.5) is 4.39 Å². The molecule has 5 heteroatoms. The summed E-state index contributed by atoms with van der Waals surface area (Å²) < 4.78 is 15.4. The number of rotatable bonds is 5. The van der Waals surface area contributed by atoms with Crippen molar-refractivity contribution < 1.29 is 4.39 Å². The molecule has 0 radical (unpaired) electrons. The van der Waals surface area contributed by atoms with Crippen LogP contribution in [0.1, 0.15) is 18.5 Å². The van der Waals surface area contributed by atoms with Gasteiger partial charge in [0.05, 0.1) is 12.6 Å². The average molecular weight is 234 g/mol. The first-order valence-electron chi connectivity index (χ1n) is 5.61. The van der Waals surface area contributed by atoms with Gasteiger partial charge in [-0.2, -0.15) is 5.10 Å². The fourth-order valence-corrected chi connectivity index (χ4v) is 1.79. The number of nitrogens with zero attached hydrogens (tertiary/aromatic N) is 3. The minimum Gasteiger partial charge on any atom is -0.309 e. The molecule has 0 saturated heterocycles. The molecule has 1 atom stereocenters. The Balaban J connectivity index is 2.20. The summed E-state index contributed by atoms with van der Waals surface area (Å²) in [7, 11) is 0. The molecular weight excluding hydrogens is 219 g/mol. The lowest BCUT2D eigenvalue weighted by Gasteiger charge is -2.18. The molecule has 1 unspecified atom stereocenters. The van der Waals surface area contributed by atoms with Crippen LogP contribution in [-0.2, 0) is 6.54 Å². The third-order valence-electron chi connectivity index (χ3n) is 2.57. The van der Waals surface area contributed by atoms with Crippen LogP contribution in [0.15, 0.2) is 36.9 Å². The molecule has 4 nitrogen and oxygen atoms in total. The molecule has 1 heterocycles. The van der Waals surface area contributed by atoms with Gasteiger partial charge in [0.1, 0.15) is 18.5 Å². The number of halogens is 1. The fourth-order valence-electron chi connectivity index (χ4n) is 1.79. The minimum atomic E-state index is -0.196. The normalized spacial score (nSPS) is 12.6. The molecule has 2 aromatic rings. The molecule has 0 amide bonds. The lowest BCUT2D eigenvalue weighted by molar-refractivity contribution is 0.431. The predicted molar refractivity (Wildman–Crippen MR) is 62.8 cm³/mol. The zero-order chi connectivity index (χ0) is 12.1. The second kappa shape index (κ2) is 5.54. The Labute approximate surface area is 99.5 Å². The Morgan fingerprint density at radius 2 is 2.24 bits per heavy atom. The zero-order valence-corrected chi connectivity index (χ0v) is 9.68. The lowest BCUT2D eigenvalue weighted by Crippen LogP contribution is -2.26. The Hall–Kier alpha value is -1.75. The number of hydrogen-bond acceptors (Lipinski definition) is 3. The van der Waals surface area contributed by atoms with Crippen molar-refractivity contribution in [2.24, 2.45) is 0 Å². The molecule has 1 aromatic carbocycles. The third kappa shape index (κ3) is 2.88. The maximum atomic E-state index is 13.7. The summed E-state index contributed by atoms with van der Waals surface area (Å²) in [6.07, 6.45) is 3.11. The summed E-state index contributed by atoms with van der Waals surface area (Å²) >= 11 is 0. The fraction of sp³-hybridized carbons (Fsp3) is 0.333. The van der Waals surface area contributed by atoms with Gasteiger partial charge in [-0.25, -0.2) is 9.37 Å². The van der Waals surface area contributed by atoms with Gasteiger partial charge in [0.25, 0.3) is 0 Å². The number of likely N-dealkylation sites (N-methyl/N-ethyl adjacent to an activating group) is 1. The number of hydrogen-bond donors (Lipinski definition) is 1. The second-order valence-electron chi connectivity index (χ2n) is 3.75. The molecule has 17 heavy (non-hydrogen) atoms. The van der Waals surface area contributed by atoms with Gasteiger partial charge in [0.15, 0.2) is 0 Å². The molecule has 0 bridgehead atoms. The Bertz CT molecular complexity index is 455. The van der Waals surface area contributed by atoms with Crippen LogP contribution >= 0.6 is 0 Å². The average Bonchev–Trinajstić information content (AvgIpc) is 2.82. The quantitative estimate of drug-likeness (QED) is 0.857. The summed E-state index contributed by atoms with van der Waals surface area (Å²) in [5, 5.41) is 7.29. The van der Waals surface area contributed by atoms with Crippen molar-refractivity contribution >= 4 is 0 Å². The molecule has 0 fully saturated rings. The van der Waals surface area contributed by atoms with Gasteiger partial charge in [-0.3, -0.25) is 4.68 Å². The zero-order valence-electron chi connectivity index (χ0n) is 9.68. The lowest BCUT2D eigenvalue weighted by atomic mass is 10.1. The molecular formula is C12H15FN4. The standard InChI is InChI=1S/C12H15FN4/c1-2-15-12(7-17-9-14-8-16-17)10-5-3-4-6-11(10)13/h3-6,8-9,12,15H,2,7H2,1H3. The van der Waals surface area contributed by atoms with Crippen molar-refractivity contribution in [1.29, 1.82) is 0 Å². The van der Waals surface area contributed by atoms with Crippen LogP contribution in [0.25, 0.3) is 0 Å². The van der Waals surface area contributed by atoms with E-state index in [1.54, 1.807) is 23.1 Å². The summed E-state index contributed by atoms with van der Waals surface area (Å²) in [6, 6.07) is 6.70. The molecule has 0 aliphatic carbocycles. The van der Waals surface area contributed by atoms with E-state index in [1.165, 1.54) is 12.4 Å². The van der Waals surface area contributed by atoms with E-state index in [9.17, 15) is 4.39 Å². The van der Waals surface area contributed by atoms with Gasteiger partial charge < -0.3 is 5.32 Å². The number of aromatic nitrogens is 3. The van der Waals surface area contributed by atoms with Crippen molar-refractivity contribution in [2.45, 2.75) is 19.5 Å². The van der Waals surface area contributed by atoms with Crippen molar-refractivity contribution in [3.63, 3.8) is 0 Å². The molecule has 0 aliphatic rings. The van der Waals surface area contributed by atoms with Crippen LogP contribution in [0, 0.1) is 5.82 Å². The highest BCUT2D eigenvalue weighted by molar-refractivity contribution is 5.21. The molecule has 0 saturated carbocycles. The summed E-state index contributed by atoms with van der Waals surface area (Å²) in [4.78, 5) is 3.88. The van der Waals surface area contributed by atoms with Crippen LogP contribution in [0.3, 0.4) is 0 Å². The van der Waals surface area contributed by atoms with E-state index in [2.05, 4.69) is 15.4 Å². The van der Waals surface area contributed by atoms with Gasteiger partial charge in [0.2, 0.25) is 0 Å². The van der Waals surface area contributed by atoms with Crippen LogP contribution in [0.2, 0.25) is 0 Å². The number of nitrogens with one attached hydrogen (secondary N) is 1. The maximum Gasteiger partial charge on any atom is 0.137 e. The predicted octanol–water partition coefficient (Wildman–Crippen LogP) is 1.77. The van der Waals surface area contributed by atoms with Crippen LogP contribution in [-0.4, -0.2) is 21.3 Å². The molecule has 0 spiro atoms. The summed E-state index contributed by atoms with van der Waals surface area (Å²) in [5.41, 5.74) is 0.657. The molecule has 1 aromatic heterocycles. The molecule has 0 aliphatic heterocycles. The van der Waals surface area contributed by atoms with E-state index in [0.29, 0.717) is 12.1 Å². The summed E-state index contributed by atoms with van der Waals surface area (Å²) in [6.45, 7) is 3.33. The summed E-state index contributed by atoms with van der Waals surface area (Å²) in [5.74, 6) is -0.196. The van der Waals surface area contributed by atoms with Crippen molar-refractivity contribution in [2.75, 3.05) is 6.54 Å². The minimum absolute atomic E-state index is 0.0945.